The van der Waals surface area contributed by atoms with Crippen molar-refractivity contribution in [2.45, 2.75) is 0 Å². The number of aromatic hydroxyl groups is 1. The molecule has 0 aromatic heterocycles. The zero-order chi connectivity index (χ0) is 8.97. The summed E-state index contributed by atoms with van der Waals surface area (Å²) in [5, 5.41) is 9.30. The summed E-state index contributed by atoms with van der Waals surface area (Å²) in [5.41, 5.74) is 6.54. The Kier molecular flexibility index (Phi) is 2.53. The minimum atomic E-state index is 0.245. The Bertz CT molecular complexity index is 315. The lowest BCUT2D eigenvalue weighted by Crippen LogP contribution is -1.88. The summed E-state index contributed by atoms with van der Waals surface area (Å²) in [5.74, 6) is 0.245. The quantitative estimate of drug-likeness (QED) is 0.650. The van der Waals surface area contributed by atoms with E-state index in [1.165, 1.54) is 0 Å². The second-order valence-corrected chi connectivity index (χ2v) is 2.47. The minimum absolute atomic E-state index is 0.245. The summed E-state index contributed by atoms with van der Waals surface area (Å²) in [4.78, 5) is 0. The molecule has 0 atom stereocenters. The lowest BCUT2D eigenvalue weighted by Gasteiger charge is -1.96. The zero-order valence-corrected chi connectivity index (χ0v) is 6.70. The van der Waals surface area contributed by atoms with Crippen LogP contribution in [-0.4, -0.2) is 5.11 Å². The van der Waals surface area contributed by atoms with E-state index in [4.69, 9.17) is 5.73 Å². The summed E-state index contributed by atoms with van der Waals surface area (Å²) < 4.78 is 0. The van der Waals surface area contributed by atoms with Gasteiger partial charge in [0.2, 0.25) is 0 Å². The lowest BCUT2D eigenvalue weighted by molar-refractivity contribution is 0.474. The number of para-hydroxylation sites is 1. The van der Waals surface area contributed by atoms with Gasteiger partial charge in [-0.15, -0.1) is 0 Å². The molecule has 0 spiro atoms. The summed E-state index contributed by atoms with van der Waals surface area (Å²) in [6, 6.07) is 7.04. The lowest BCUT2D eigenvalue weighted by atomic mass is 10.2. The molecular formula is C10H11NO. The first-order valence-corrected chi connectivity index (χ1v) is 3.60. The normalized spacial score (nSPS) is 10.3. The molecule has 0 saturated carbocycles. The molecule has 2 heteroatoms. The third-order valence-corrected chi connectivity index (χ3v) is 1.41. The average Bonchev–Trinajstić information content (AvgIpc) is 2.03. The molecule has 0 aliphatic carbocycles. The average molecular weight is 161 g/mol. The van der Waals surface area contributed by atoms with Gasteiger partial charge < -0.3 is 10.8 Å². The van der Waals surface area contributed by atoms with Crippen molar-refractivity contribution in [1.82, 2.24) is 0 Å². The fraction of sp³-hybridized carbons (Fsp3) is 0. The fourth-order valence-corrected chi connectivity index (χ4v) is 0.825. The topological polar surface area (TPSA) is 46.2 Å². The Morgan fingerprint density at radius 1 is 1.42 bits per heavy atom. The molecule has 0 heterocycles. The van der Waals surface area contributed by atoms with Crippen LogP contribution in [0, 0.1) is 0 Å². The molecule has 0 radical (unpaired) electrons. The van der Waals surface area contributed by atoms with Gasteiger partial charge in [-0.1, -0.05) is 24.8 Å². The first-order chi connectivity index (χ1) is 5.70. The van der Waals surface area contributed by atoms with E-state index in [0.29, 0.717) is 5.70 Å². The Hall–Kier alpha value is -1.70. The highest BCUT2D eigenvalue weighted by Crippen LogP contribution is 2.16. The van der Waals surface area contributed by atoms with E-state index in [0.717, 1.165) is 5.56 Å². The van der Waals surface area contributed by atoms with Crippen molar-refractivity contribution in [3.63, 3.8) is 0 Å². The number of phenols is 1. The number of allylic oxidation sites excluding steroid dienone is 1. The SMILES string of the molecule is C=C(N)/C=C/c1ccccc1O. The molecule has 1 aromatic rings. The molecular weight excluding hydrogens is 150 g/mol. The van der Waals surface area contributed by atoms with E-state index in [9.17, 15) is 5.11 Å². The van der Waals surface area contributed by atoms with Gasteiger partial charge >= 0.3 is 0 Å². The second-order valence-electron chi connectivity index (χ2n) is 2.47. The van der Waals surface area contributed by atoms with Crippen LogP contribution in [0.2, 0.25) is 0 Å². The molecule has 0 fully saturated rings. The molecule has 1 aromatic carbocycles. The number of hydrogen-bond acceptors (Lipinski definition) is 2. The molecule has 62 valence electrons. The zero-order valence-electron chi connectivity index (χ0n) is 6.70. The highest BCUT2D eigenvalue weighted by atomic mass is 16.3. The van der Waals surface area contributed by atoms with E-state index >= 15 is 0 Å². The van der Waals surface area contributed by atoms with Crippen molar-refractivity contribution in [2.24, 2.45) is 5.73 Å². The van der Waals surface area contributed by atoms with Gasteiger partial charge in [0.15, 0.2) is 0 Å². The van der Waals surface area contributed by atoms with Crippen molar-refractivity contribution in [3.05, 3.63) is 48.2 Å². The van der Waals surface area contributed by atoms with Crippen LogP contribution in [0.1, 0.15) is 5.56 Å². The number of nitrogens with two attached hydrogens (primary N) is 1. The molecule has 0 unspecified atom stereocenters. The van der Waals surface area contributed by atoms with E-state index in [1.807, 2.05) is 6.07 Å². The standard InChI is InChI=1S/C10H11NO/c1-8(11)6-7-9-4-2-3-5-10(9)12/h2-7,12H,1,11H2/b7-6+. The van der Waals surface area contributed by atoms with Gasteiger partial charge in [0.05, 0.1) is 0 Å². The molecule has 0 amide bonds. The largest absolute Gasteiger partial charge is 0.507 e. The maximum Gasteiger partial charge on any atom is 0.122 e. The maximum absolute atomic E-state index is 9.30. The highest BCUT2D eigenvalue weighted by molar-refractivity contribution is 5.58. The van der Waals surface area contributed by atoms with Gasteiger partial charge in [0.1, 0.15) is 5.75 Å². The Labute approximate surface area is 71.6 Å². The molecule has 0 bridgehead atoms. The smallest absolute Gasteiger partial charge is 0.122 e. The van der Waals surface area contributed by atoms with Crippen LogP contribution >= 0.6 is 0 Å². The van der Waals surface area contributed by atoms with E-state index in [2.05, 4.69) is 6.58 Å². The van der Waals surface area contributed by atoms with Crippen LogP contribution in [0.15, 0.2) is 42.6 Å². The van der Waals surface area contributed by atoms with Gasteiger partial charge in [-0.2, -0.15) is 0 Å². The van der Waals surface area contributed by atoms with Crippen LogP contribution in [0.25, 0.3) is 6.08 Å². The highest BCUT2D eigenvalue weighted by Gasteiger charge is 1.92. The monoisotopic (exact) mass is 161 g/mol. The van der Waals surface area contributed by atoms with Gasteiger partial charge in [-0.25, -0.2) is 0 Å². The predicted molar refractivity (Wildman–Crippen MR) is 50.5 cm³/mol. The van der Waals surface area contributed by atoms with Gasteiger partial charge in [-0.05, 0) is 18.2 Å². The number of rotatable bonds is 2. The maximum atomic E-state index is 9.30. The third-order valence-electron chi connectivity index (χ3n) is 1.41. The third kappa shape index (κ3) is 2.16. The Balaban J connectivity index is 2.89. The van der Waals surface area contributed by atoms with Crippen molar-refractivity contribution in [2.75, 3.05) is 0 Å². The van der Waals surface area contributed by atoms with E-state index < -0.39 is 0 Å². The molecule has 12 heavy (non-hydrogen) atoms. The van der Waals surface area contributed by atoms with Crippen molar-refractivity contribution in [1.29, 1.82) is 0 Å². The van der Waals surface area contributed by atoms with Crippen LogP contribution in [0.5, 0.6) is 5.75 Å². The number of phenolic OH excluding ortho intramolecular Hbond substituents is 1. The second kappa shape index (κ2) is 3.62. The van der Waals surface area contributed by atoms with Crippen molar-refractivity contribution >= 4 is 6.08 Å². The number of hydrogen-bond donors (Lipinski definition) is 2. The summed E-state index contributed by atoms with van der Waals surface area (Å²) in [6.07, 6.45) is 3.37. The predicted octanol–water partition coefficient (Wildman–Crippen LogP) is 1.88. The molecule has 0 aliphatic rings. The van der Waals surface area contributed by atoms with Crippen molar-refractivity contribution in [3.8, 4) is 5.75 Å². The van der Waals surface area contributed by atoms with Crippen molar-refractivity contribution < 1.29 is 5.11 Å². The summed E-state index contributed by atoms with van der Waals surface area (Å²) in [7, 11) is 0. The summed E-state index contributed by atoms with van der Waals surface area (Å²) >= 11 is 0. The first-order valence-electron chi connectivity index (χ1n) is 3.60. The van der Waals surface area contributed by atoms with Crippen LogP contribution in [0.4, 0.5) is 0 Å². The number of benzene rings is 1. The van der Waals surface area contributed by atoms with Gasteiger partial charge in [0.25, 0.3) is 0 Å². The fourth-order valence-electron chi connectivity index (χ4n) is 0.825. The molecule has 0 aliphatic heterocycles. The summed E-state index contributed by atoms with van der Waals surface area (Å²) in [6.45, 7) is 3.51. The minimum Gasteiger partial charge on any atom is -0.507 e. The first kappa shape index (κ1) is 8.40. The molecule has 0 saturated heterocycles. The van der Waals surface area contributed by atoms with E-state index in [1.54, 1.807) is 30.4 Å². The molecule has 1 rings (SSSR count). The van der Waals surface area contributed by atoms with Gasteiger partial charge in [0, 0.05) is 11.3 Å². The Morgan fingerprint density at radius 3 is 2.67 bits per heavy atom. The van der Waals surface area contributed by atoms with E-state index in [-0.39, 0.29) is 5.75 Å². The Morgan fingerprint density at radius 2 is 2.08 bits per heavy atom. The molecule has 3 N–H and O–H groups in total. The van der Waals surface area contributed by atoms with Crippen LogP contribution < -0.4 is 5.73 Å². The molecule has 2 nitrogen and oxygen atoms in total. The van der Waals surface area contributed by atoms with Gasteiger partial charge in [-0.3, -0.25) is 0 Å². The van der Waals surface area contributed by atoms with Crippen LogP contribution in [-0.2, 0) is 0 Å². The van der Waals surface area contributed by atoms with Crippen LogP contribution in [0.3, 0.4) is 0 Å².